The maximum atomic E-state index is 15.3. The fourth-order valence-electron chi connectivity index (χ4n) is 5.94. The average molecular weight is 619 g/mol. The summed E-state index contributed by atoms with van der Waals surface area (Å²) in [7, 11) is -6.62. The minimum atomic E-state index is -6.62. The summed E-state index contributed by atoms with van der Waals surface area (Å²) in [5, 5.41) is 0. The number of rotatable bonds is 6. The van der Waals surface area contributed by atoms with Crippen LogP contribution in [0.2, 0.25) is 0 Å². The van der Waals surface area contributed by atoms with E-state index in [0.717, 1.165) is 50.7 Å². The lowest BCUT2D eigenvalue weighted by Crippen LogP contribution is -2.28. The molecule has 0 aliphatic heterocycles. The first-order valence-corrected chi connectivity index (χ1v) is 14.5. The van der Waals surface area contributed by atoms with Crippen molar-refractivity contribution in [1.29, 1.82) is 0 Å². The van der Waals surface area contributed by atoms with Gasteiger partial charge in [0.25, 0.3) is 0 Å². The first-order valence-electron chi connectivity index (χ1n) is 13.1. The summed E-state index contributed by atoms with van der Waals surface area (Å²) in [5.74, 6) is -7.62. The summed E-state index contributed by atoms with van der Waals surface area (Å²) >= 11 is 0. The lowest BCUT2D eigenvalue weighted by molar-refractivity contribution is -0.275. The van der Waals surface area contributed by atoms with E-state index in [1.807, 2.05) is 0 Å². The first-order chi connectivity index (χ1) is 19.0. The molecule has 0 aromatic heterocycles. The topological polar surface area (TPSA) is 52.6 Å². The Morgan fingerprint density at radius 3 is 1.78 bits per heavy atom. The van der Waals surface area contributed by atoms with Gasteiger partial charge in [-0.15, -0.1) is 13.2 Å². The smallest absolute Gasteiger partial charge is 0.402 e. The van der Waals surface area contributed by atoms with Crippen molar-refractivity contribution in [1.82, 2.24) is 0 Å². The summed E-state index contributed by atoms with van der Waals surface area (Å²) in [6, 6.07) is 2.78. The Kier molecular flexibility index (Phi) is 8.83. The molecule has 4 nitrogen and oxygen atoms in total. The van der Waals surface area contributed by atoms with Crippen molar-refractivity contribution in [2.75, 3.05) is 0 Å². The molecule has 41 heavy (non-hydrogen) atoms. The first kappa shape index (κ1) is 31.3. The summed E-state index contributed by atoms with van der Waals surface area (Å²) in [6.07, 6.45) is 1.83. The third-order valence-corrected chi connectivity index (χ3v) is 9.06. The summed E-state index contributed by atoms with van der Waals surface area (Å²) in [4.78, 5) is 0. The molecule has 0 unspecified atom stereocenters. The SMILES string of the molecule is CC1CCC(C2CCC(c3ccc(-c4ccc(OC(F)(F)F)c(F)c4OS(=O)(=O)C(F)(F)F)c(F)c3F)CC2)CC1. The van der Waals surface area contributed by atoms with Gasteiger partial charge in [-0.05, 0) is 79.9 Å². The van der Waals surface area contributed by atoms with Gasteiger partial charge in [0.2, 0.25) is 5.82 Å². The highest BCUT2D eigenvalue weighted by Gasteiger charge is 2.49. The predicted octanol–water partition coefficient (Wildman–Crippen LogP) is 9.00. The van der Waals surface area contributed by atoms with Gasteiger partial charge in [-0.1, -0.05) is 31.9 Å². The van der Waals surface area contributed by atoms with Gasteiger partial charge in [-0.25, -0.2) is 8.78 Å². The van der Waals surface area contributed by atoms with Gasteiger partial charge in [-0.3, -0.25) is 0 Å². The van der Waals surface area contributed by atoms with Crippen LogP contribution >= 0.6 is 0 Å². The van der Waals surface area contributed by atoms with Crippen molar-refractivity contribution in [2.45, 2.75) is 76.1 Å². The number of halogens is 9. The zero-order chi connectivity index (χ0) is 30.3. The molecule has 0 heterocycles. The minimum absolute atomic E-state index is 0.00940. The molecule has 2 aliphatic carbocycles. The number of hydrogen-bond acceptors (Lipinski definition) is 4. The van der Waals surface area contributed by atoms with E-state index in [1.165, 1.54) is 0 Å². The number of hydrogen-bond donors (Lipinski definition) is 0. The second kappa shape index (κ2) is 11.6. The Balaban J connectivity index is 1.65. The molecule has 0 saturated heterocycles. The molecule has 2 saturated carbocycles. The van der Waals surface area contributed by atoms with Crippen molar-refractivity contribution in [2.24, 2.45) is 17.8 Å². The van der Waals surface area contributed by atoms with E-state index >= 15 is 8.78 Å². The Morgan fingerprint density at radius 2 is 1.24 bits per heavy atom. The molecule has 4 rings (SSSR count). The van der Waals surface area contributed by atoms with E-state index in [4.69, 9.17) is 0 Å². The van der Waals surface area contributed by atoms with E-state index in [1.54, 1.807) is 0 Å². The van der Waals surface area contributed by atoms with Crippen LogP contribution in [0, 0.1) is 35.2 Å². The quantitative estimate of drug-likeness (QED) is 0.184. The molecule has 2 aliphatic rings. The Labute approximate surface area is 231 Å². The van der Waals surface area contributed by atoms with Crippen molar-refractivity contribution >= 4 is 10.1 Å². The van der Waals surface area contributed by atoms with Crippen LogP contribution in [0.1, 0.15) is 69.8 Å². The fourth-order valence-corrected chi connectivity index (χ4v) is 6.42. The highest BCUT2D eigenvalue weighted by Crippen LogP contribution is 2.46. The largest absolute Gasteiger partial charge is 0.573 e. The van der Waals surface area contributed by atoms with Gasteiger partial charge >= 0.3 is 22.0 Å². The minimum Gasteiger partial charge on any atom is -0.402 e. The molecule has 2 fully saturated rings. The van der Waals surface area contributed by atoms with Crippen LogP contribution in [0.15, 0.2) is 24.3 Å². The van der Waals surface area contributed by atoms with Gasteiger partial charge in [0, 0.05) is 11.1 Å². The van der Waals surface area contributed by atoms with Gasteiger partial charge in [-0.2, -0.15) is 26.0 Å². The average Bonchev–Trinajstić information content (AvgIpc) is 2.88. The van der Waals surface area contributed by atoms with Crippen LogP contribution < -0.4 is 8.92 Å². The molecular weight excluding hydrogens is 591 g/mol. The van der Waals surface area contributed by atoms with Crippen molar-refractivity contribution in [3.63, 3.8) is 0 Å². The highest BCUT2D eigenvalue weighted by atomic mass is 32.2. The molecule has 14 heteroatoms. The van der Waals surface area contributed by atoms with E-state index in [-0.39, 0.29) is 17.5 Å². The standard InChI is InChI=1S/C27H27F9O4S/c1-14-2-4-15(5-3-14)16-6-8-17(9-7-16)18-10-11-19(23(29)22(18)28)20-12-13-21(39-26(31,32)33)24(30)25(20)40-41(37,38)27(34,35)36/h10-17H,2-9H2,1H3. The van der Waals surface area contributed by atoms with E-state index < -0.39 is 62.1 Å². The number of alkyl halides is 6. The Bertz CT molecular complexity index is 1360. The molecular formula is C27H27F9O4S. The fraction of sp³-hybridized carbons (Fsp3) is 0.556. The summed E-state index contributed by atoms with van der Waals surface area (Å²) < 4.78 is 153. The molecule has 2 aromatic rings. The van der Waals surface area contributed by atoms with Gasteiger partial charge in [0.15, 0.2) is 23.1 Å². The summed E-state index contributed by atoms with van der Waals surface area (Å²) in [6.45, 7) is 2.22. The lowest BCUT2D eigenvalue weighted by atomic mass is 9.68. The van der Waals surface area contributed by atoms with Crippen LogP contribution in [0.25, 0.3) is 11.1 Å². The normalized spacial score (nSPS) is 24.2. The van der Waals surface area contributed by atoms with E-state index in [0.29, 0.717) is 36.7 Å². The van der Waals surface area contributed by atoms with Crippen molar-refractivity contribution in [3.8, 4) is 22.6 Å². The molecule has 0 N–H and O–H groups in total. The molecule has 0 radical (unpaired) electrons. The Morgan fingerprint density at radius 1 is 0.707 bits per heavy atom. The number of benzene rings is 2. The zero-order valence-corrected chi connectivity index (χ0v) is 22.5. The molecule has 0 atom stereocenters. The molecule has 0 bridgehead atoms. The van der Waals surface area contributed by atoms with Crippen molar-refractivity contribution in [3.05, 3.63) is 47.3 Å². The van der Waals surface area contributed by atoms with Crippen LogP contribution in [-0.4, -0.2) is 20.3 Å². The van der Waals surface area contributed by atoms with Crippen LogP contribution in [-0.2, 0) is 10.1 Å². The molecule has 228 valence electrons. The van der Waals surface area contributed by atoms with E-state index in [2.05, 4.69) is 15.8 Å². The van der Waals surface area contributed by atoms with Crippen LogP contribution in [0.4, 0.5) is 39.5 Å². The predicted molar refractivity (Wildman–Crippen MR) is 130 cm³/mol. The third-order valence-electron chi connectivity index (χ3n) is 8.11. The van der Waals surface area contributed by atoms with Crippen LogP contribution in [0.3, 0.4) is 0 Å². The second-order valence-electron chi connectivity index (χ2n) is 10.7. The molecule has 2 aromatic carbocycles. The van der Waals surface area contributed by atoms with Crippen molar-refractivity contribution < 1.29 is 56.9 Å². The molecule has 0 amide bonds. The van der Waals surface area contributed by atoms with Gasteiger partial charge < -0.3 is 8.92 Å². The highest BCUT2D eigenvalue weighted by molar-refractivity contribution is 7.88. The maximum absolute atomic E-state index is 15.3. The molecule has 0 spiro atoms. The van der Waals surface area contributed by atoms with E-state index in [9.17, 15) is 39.2 Å². The summed E-state index contributed by atoms with van der Waals surface area (Å²) in [5.41, 5.74) is -8.10. The van der Waals surface area contributed by atoms with Gasteiger partial charge in [0.05, 0.1) is 0 Å². The van der Waals surface area contributed by atoms with Gasteiger partial charge in [0.1, 0.15) is 0 Å². The third kappa shape index (κ3) is 6.89. The zero-order valence-electron chi connectivity index (χ0n) is 21.7. The number of ether oxygens (including phenoxy) is 1. The second-order valence-corrected chi connectivity index (χ2v) is 12.3. The lowest BCUT2D eigenvalue weighted by Gasteiger charge is -2.37. The van der Waals surface area contributed by atoms with Crippen LogP contribution in [0.5, 0.6) is 11.5 Å². The Hall–Kier alpha value is -2.64. The maximum Gasteiger partial charge on any atom is 0.573 e. The monoisotopic (exact) mass is 618 g/mol.